The van der Waals surface area contributed by atoms with Crippen molar-refractivity contribution >= 4 is 22.9 Å². The van der Waals surface area contributed by atoms with E-state index in [1.54, 1.807) is 31.5 Å². The van der Waals surface area contributed by atoms with Gasteiger partial charge in [-0.3, -0.25) is 4.98 Å². The second kappa shape index (κ2) is 9.96. The molecule has 0 amide bonds. The van der Waals surface area contributed by atoms with Crippen molar-refractivity contribution in [3.05, 3.63) is 76.7 Å². The SMILES string of the molecule is CCOOCc1cc(/C=C/C(=O)O)c2cc(Cc3ccc(F)cc3)cnc2c1OC. The molecule has 0 radical (unpaired) electrons. The number of carbonyl (C=O) groups is 1. The molecule has 0 aliphatic carbocycles. The van der Waals surface area contributed by atoms with Gasteiger partial charge in [0.1, 0.15) is 17.9 Å². The molecule has 0 aliphatic heterocycles. The Morgan fingerprint density at radius 2 is 1.93 bits per heavy atom. The molecule has 0 unspecified atom stereocenters. The smallest absolute Gasteiger partial charge is 0.328 e. The van der Waals surface area contributed by atoms with E-state index >= 15 is 0 Å². The van der Waals surface area contributed by atoms with Crippen LogP contribution in [0.1, 0.15) is 29.2 Å². The molecule has 0 aliphatic rings. The number of aliphatic carboxylic acids is 1. The zero-order valence-corrected chi connectivity index (χ0v) is 16.7. The maximum absolute atomic E-state index is 13.2. The summed E-state index contributed by atoms with van der Waals surface area (Å²) in [5, 5.41) is 9.80. The Balaban J connectivity index is 2.08. The van der Waals surface area contributed by atoms with Crippen molar-refractivity contribution in [1.82, 2.24) is 4.98 Å². The molecule has 0 fully saturated rings. The first-order valence-electron chi connectivity index (χ1n) is 9.40. The number of rotatable bonds is 9. The van der Waals surface area contributed by atoms with E-state index < -0.39 is 5.97 Å². The molecule has 0 bridgehead atoms. The highest BCUT2D eigenvalue weighted by Crippen LogP contribution is 2.33. The lowest BCUT2D eigenvalue weighted by molar-refractivity contribution is -0.300. The first-order valence-corrected chi connectivity index (χ1v) is 9.40. The zero-order chi connectivity index (χ0) is 21.5. The Kier molecular flexibility index (Phi) is 7.11. The fraction of sp³-hybridized carbons (Fsp3) is 0.217. The van der Waals surface area contributed by atoms with Gasteiger partial charge in [0.15, 0.2) is 5.75 Å². The Hall–Kier alpha value is -3.29. The monoisotopic (exact) mass is 411 g/mol. The molecule has 156 valence electrons. The maximum atomic E-state index is 13.2. The third-order valence-electron chi connectivity index (χ3n) is 4.44. The number of fused-ring (bicyclic) bond motifs is 1. The van der Waals surface area contributed by atoms with E-state index in [1.807, 2.05) is 13.0 Å². The number of carboxylic acid groups (broad SMARTS) is 1. The second-order valence-corrected chi connectivity index (χ2v) is 6.54. The van der Waals surface area contributed by atoms with E-state index in [4.69, 9.17) is 19.6 Å². The molecule has 3 rings (SSSR count). The van der Waals surface area contributed by atoms with Crippen LogP contribution in [-0.2, 0) is 27.6 Å². The summed E-state index contributed by atoms with van der Waals surface area (Å²) >= 11 is 0. The molecule has 0 saturated heterocycles. The van der Waals surface area contributed by atoms with E-state index in [9.17, 15) is 9.18 Å². The summed E-state index contributed by atoms with van der Waals surface area (Å²) < 4.78 is 18.7. The Labute approximate surface area is 173 Å². The molecule has 2 aromatic carbocycles. The Morgan fingerprint density at radius 3 is 2.60 bits per heavy atom. The van der Waals surface area contributed by atoms with Gasteiger partial charge in [0.25, 0.3) is 0 Å². The fourth-order valence-electron chi connectivity index (χ4n) is 3.15. The molecule has 1 aromatic heterocycles. The van der Waals surface area contributed by atoms with E-state index in [0.717, 1.165) is 22.6 Å². The van der Waals surface area contributed by atoms with Crippen LogP contribution in [0.15, 0.2) is 48.7 Å². The van der Waals surface area contributed by atoms with Gasteiger partial charge >= 0.3 is 5.97 Å². The van der Waals surface area contributed by atoms with E-state index in [-0.39, 0.29) is 12.4 Å². The van der Waals surface area contributed by atoms with Crippen LogP contribution in [0, 0.1) is 5.82 Å². The summed E-state index contributed by atoms with van der Waals surface area (Å²) in [6.07, 6.45) is 4.87. The van der Waals surface area contributed by atoms with E-state index in [0.29, 0.717) is 35.4 Å². The average Bonchev–Trinajstić information content (AvgIpc) is 2.74. The van der Waals surface area contributed by atoms with E-state index in [1.165, 1.54) is 18.2 Å². The lowest BCUT2D eigenvalue weighted by Crippen LogP contribution is -2.01. The number of pyridine rings is 1. The van der Waals surface area contributed by atoms with Crippen LogP contribution in [0.4, 0.5) is 4.39 Å². The fourth-order valence-corrected chi connectivity index (χ4v) is 3.15. The van der Waals surface area contributed by atoms with Crippen molar-refractivity contribution in [3.8, 4) is 5.75 Å². The normalized spacial score (nSPS) is 11.3. The Morgan fingerprint density at radius 1 is 1.17 bits per heavy atom. The Bertz CT molecular complexity index is 1060. The standard InChI is InChI=1S/C23H22FNO5/c1-3-29-30-14-18-12-17(6-9-21(26)27)20-11-16(13-25-22(20)23(18)28-2)10-15-4-7-19(24)8-5-15/h4-9,11-13H,3,10,14H2,1-2H3,(H,26,27)/b9-6+. The molecule has 3 aromatic rings. The van der Waals surface area contributed by atoms with Crippen molar-refractivity contribution in [2.24, 2.45) is 0 Å². The van der Waals surface area contributed by atoms with Gasteiger partial charge in [0.2, 0.25) is 0 Å². The molecule has 6 nitrogen and oxygen atoms in total. The molecular weight excluding hydrogens is 389 g/mol. The number of hydrogen-bond donors (Lipinski definition) is 1. The molecule has 0 atom stereocenters. The highest BCUT2D eigenvalue weighted by molar-refractivity contribution is 5.96. The van der Waals surface area contributed by atoms with Gasteiger partial charge in [0.05, 0.1) is 13.7 Å². The summed E-state index contributed by atoms with van der Waals surface area (Å²) in [7, 11) is 1.54. The maximum Gasteiger partial charge on any atom is 0.328 e. The number of nitrogens with zero attached hydrogens (tertiary/aromatic N) is 1. The lowest BCUT2D eigenvalue weighted by atomic mass is 9.99. The van der Waals surface area contributed by atoms with Gasteiger partial charge in [-0.2, -0.15) is 0 Å². The molecule has 0 spiro atoms. The predicted molar refractivity (Wildman–Crippen MR) is 111 cm³/mol. The second-order valence-electron chi connectivity index (χ2n) is 6.54. The first kappa shape index (κ1) is 21.4. The minimum atomic E-state index is -1.05. The van der Waals surface area contributed by atoms with Crippen LogP contribution in [-0.4, -0.2) is 29.8 Å². The van der Waals surface area contributed by atoms with Gasteiger partial charge in [-0.05, 0) is 60.4 Å². The average molecular weight is 411 g/mol. The van der Waals surface area contributed by atoms with Crippen molar-refractivity contribution in [2.45, 2.75) is 20.0 Å². The number of methoxy groups -OCH3 is 1. The molecule has 7 heteroatoms. The van der Waals surface area contributed by atoms with Crippen LogP contribution in [0.5, 0.6) is 5.75 Å². The van der Waals surface area contributed by atoms with Gasteiger partial charge in [0, 0.05) is 23.2 Å². The topological polar surface area (TPSA) is 77.9 Å². The minimum absolute atomic E-state index is 0.125. The number of carboxylic acids is 1. The van der Waals surface area contributed by atoms with Gasteiger partial charge in [-0.1, -0.05) is 12.1 Å². The summed E-state index contributed by atoms with van der Waals surface area (Å²) in [6, 6.07) is 10.0. The number of benzene rings is 2. The summed E-state index contributed by atoms with van der Waals surface area (Å²) in [6.45, 7) is 2.33. The van der Waals surface area contributed by atoms with Gasteiger partial charge in [-0.25, -0.2) is 19.0 Å². The number of halogens is 1. The van der Waals surface area contributed by atoms with Crippen molar-refractivity contribution in [3.63, 3.8) is 0 Å². The third-order valence-corrected chi connectivity index (χ3v) is 4.44. The van der Waals surface area contributed by atoms with Crippen LogP contribution in [0.2, 0.25) is 0 Å². The van der Waals surface area contributed by atoms with Crippen LogP contribution in [0.25, 0.3) is 17.0 Å². The number of ether oxygens (including phenoxy) is 1. The quantitative estimate of drug-likeness (QED) is 0.241. The lowest BCUT2D eigenvalue weighted by Gasteiger charge is -2.14. The summed E-state index contributed by atoms with van der Waals surface area (Å²) in [4.78, 5) is 25.8. The van der Waals surface area contributed by atoms with Crippen LogP contribution < -0.4 is 4.74 Å². The largest absolute Gasteiger partial charge is 0.494 e. The molecule has 1 heterocycles. The number of aromatic nitrogens is 1. The van der Waals surface area contributed by atoms with Crippen LogP contribution >= 0.6 is 0 Å². The van der Waals surface area contributed by atoms with Gasteiger partial charge < -0.3 is 9.84 Å². The molecule has 1 N–H and O–H groups in total. The zero-order valence-electron chi connectivity index (χ0n) is 16.7. The summed E-state index contributed by atoms with van der Waals surface area (Å²) in [5.74, 6) is -0.810. The highest BCUT2D eigenvalue weighted by Gasteiger charge is 2.15. The number of hydrogen-bond acceptors (Lipinski definition) is 5. The van der Waals surface area contributed by atoms with Gasteiger partial charge in [-0.15, -0.1) is 0 Å². The molecule has 30 heavy (non-hydrogen) atoms. The van der Waals surface area contributed by atoms with Crippen molar-refractivity contribution < 1.29 is 28.8 Å². The third kappa shape index (κ3) is 5.20. The van der Waals surface area contributed by atoms with Crippen LogP contribution in [0.3, 0.4) is 0 Å². The predicted octanol–water partition coefficient (Wildman–Crippen LogP) is 4.54. The molecule has 0 saturated carbocycles. The first-order chi connectivity index (χ1) is 14.5. The summed E-state index contributed by atoms with van der Waals surface area (Å²) in [5.41, 5.74) is 3.77. The van der Waals surface area contributed by atoms with Crippen molar-refractivity contribution in [2.75, 3.05) is 13.7 Å². The van der Waals surface area contributed by atoms with E-state index in [2.05, 4.69) is 4.98 Å². The molecular formula is C23H22FNO5. The highest BCUT2D eigenvalue weighted by atomic mass is 19.1. The van der Waals surface area contributed by atoms with Crippen molar-refractivity contribution in [1.29, 1.82) is 0 Å². The minimum Gasteiger partial charge on any atom is -0.494 e.